The van der Waals surface area contributed by atoms with E-state index in [0.29, 0.717) is 30.8 Å². The maximum absolute atomic E-state index is 13.5. The molecule has 0 aromatic heterocycles. The molecule has 0 unspecified atom stereocenters. The van der Waals surface area contributed by atoms with Crippen LogP contribution >= 0.6 is 0 Å². The molecule has 0 saturated carbocycles. The van der Waals surface area contributed by atoms with Gasteiger partial charge in [0.25, 0.3) is 5.91 Å². The summed E-state index contributed by atoms with van der Waals surface area (Å²) in [6, 6.07) is 11.5. The van der Waals surface area contributed by atoms with Crippen molar-refractivity contribution in [3.8, 4) is 0 Å². The molecule has 2 aromatic rings. The van der Waals surface area contributed by atoms with E-state index in [2.05, 4.69) is 21.3 Å². The van der Waals surface area contributed by atoms with Gasteiger partial charge in [-0.3, -0.25) is 9.59 Å². The van der Waals surface area contributed by atoms with E-state index in [0.717, 1.165) is 0 Å². The lowest BCUT2D eigenvalue weighted by atomic mass is 10.2. The molecule has 0 aliphatic carbocycles. The van der Waals surface area contributed by atoms with Gasteiger partial charge in [-0.15, -0.1) is 0 Å². The summed E-state index contributed by atoms with van der Waals surface area (Å²) in [5.41, 5.74) is 0.939. The van der Waals surface area contributed by atoms with Gasteiger partial charge in [-0.25, -0.2) is 9.18 Å². The Hall–Kier alpha value is -3.42. The van der Waals surface area contributed by atoms with E-state index < -0.39 is 11.8 Å². The van der Waals surface area contributed by atoms with Gasteiger partial charge < -0.3 is 21.3 Å². The van der Waals surface area contributed by atoms with Crippen LogP contribution in [0.5, 0.6) is 0 Å². The van der Waals surface area contributed by atoms with Crippen LogP contribution in [0.15, 0.2) is 48.5 Å². The molecule has 142 valence electrons. The third kappa shape index (κ3) is 6.43. The lowest BCUT2D eigenvalue weighted by molar-refractivity contribution is -0.120. The third-order valence-electron chi connectivity index (χ3n) is 3.58. The Labute approximate surface area is 156 Å². The van der Waals surface area contributed by atoms with Crippen molar-refractivity contribution in [2.75, 3.05) is 23.7 Å². The Bertz CT molecular complexity index is 809. The van der Waals surface area contributed by atoms with Crippen LogP contribution in [0.4, 0.5) is 20.6 Å². The maximum Gasteiger partial charge on any atom is 0.323 e. The van der Waals surface area contributed by atoms with Gasteiger partial charge >= 0.3 is 6.03 Å². The van der Waals surface area contributed by atoms with Crippen molar-refractivity contribution in [3.63, 3.8) is 0 Å². The number of hydrogen-bond donors (Lipinski definition) is 4. The fraction of sp³-hybridized carbons (Fsp3) is 0.211. The second-order valence-electron chi connectivity index (χ2n) is 5.60. The number of rotatable bonds is 7. The molecular weight excluding hydrogens is 351 g/mol. The monoisotopic (exact) mass is 372 g/mol. The molecule has 4 N–H and O–H groups in total. The average Bonchev–Trinajstić information content (AvgIpc) is 2.67. The first-order valence-electron chi connectivity index (χ1n) is 8.47. The number of nitrogens with one attached hydrogen (secondary N) is 4. The van der Waals surface area contributed by atoms with Crippen molar-refractivity contribution in [2.24, 2.45) is 0 Å². The SMILES string of the molecule is CCC(=O)NCCNC(=O)c1ccc(NC(=O)Nc2ccccc2F)cc1. The molecule has 0 atom stereocenters. The van der Waals surface area contributed by atoms with Crippen molar-refractivity contribution < 1.29 is 18.8 Å². The summed E-state index contributed by atoms with van der Waals surface area (Å²) in [7, 11) is 0. The lowest BCUT2D eigenvalue weighted by Crippen LogP contribution is -2.34. The van der Waals surface area contributed by atoms with Crippen molar-refractivity contribution in [1.29, 1.82) is 0 Å². The highest BCUT2D eigenvalue weighted by Gasteiger charge is 2.08. The Morgan fingerprint density at radius 2 is 1.56 bits per heavy atom. The molecule has 0 spiro atoms. The summed E-state index contributed by atoms with van der Waals surface area (Å²) in [6.07, 6.45) is 0.396. The molecule has 0 aliphatic heterocycles. The molecule has 27 heavy (non-hydrogen) atoms. The average molecular weight is 372 g/mol. The van der Waals surface area contributed by atoms with Crippen LogP contribution < -0.4 is 21.3 Å². The molecule has 0 radical (unpaired) electrons. The summed E-state index contributed by atoms with van der Waals surface area (Å²) in [5, 5.41) is 10.3. The van der Waals surface area contributed by atoms with Crippen molar-refractivity contribution >= 4 is 29.2 Å². The lowest BCUT2D eigenvalue weighted by Gasteiger charge is -2.09. The first kappa shape index (κ1) is 19.9. The van der Waals surface area contributed by atoms with Crippen LogP contribution in [0.1, 0.15) is 23.7 Å². The summed E-state index contributed by atoms with van der Waals surface area (Å²) in [4.78, 5) is 35.0. The minimum atomic E-state index is -0.594. The first-order chi connectivity index (χ1) is 13.0. The van der Waals surface area contributed by atoms with Gasteiger partial charge in [-0.1, -0.05) is 19.1 Å². The number of urea groups is 1. The van der Waals surface area contributed by atoms with Gasteiger partial charge in [-0.2, -0.15) is 0 Å². The summed E-state index contributed by atoms with van der Waals surface area (Å²) in [5.74, 6) is -0.897. The number of hydrogen-bond acceptors (Lipinski definition) is 3. The van der Waals surface area contributed by atoms with Crippen molar-refractivity contribution in [1.82, 2.24) is 10.6 Å². The van der Waals surface area contributed by atoms with Crippen molar-refractivity contribution in [3.05, 3.63) is 59.9 Å². The predicted molar refractivity (Wildman–Crippen MR) is 101 cm³/mol. The van der Waals surface area contributed by atoms with Crippen LogP contribution in [0.3, 0.4) is 0 Å². The predicted octanol–water partition coefficient (Wildman–Crippen LogP) is 2.73. The number of carbonyl (C=O) groups excluding carboxylic acids is 3. The molecule has 7 nitrogen and oxygen atoms in total. The Morgan fingerprint density at radius 1 is 0.889 bits per heavy atom. The van der Waals surface area contributed by atoms with Gasteiger partial charge in [0.15, 0.2) is 0 Å². The van der Waals surface area contributed by atoms with E-state index in [-0.39, 0.29) is 17.5 Å². The van der Waals surface area contributed by atoms with Crippen LogP contribution in [0, 0.1) is 5.82 Å². The van der Waals surface area contributed by atoms with E-state index in [1.165, 1.54) is 18.2 Å². The molecule has 4 amide bonds. The quantitative estimate of drug-likeness (QED) is 0.562. The molecule has 8 heteroatoms. The minimum absolute atomic E-state index is 0.0705. The summed E-state index contributed by atoms with van der Waals surface area (Å²) >= 11 is 0. The Balaban J connectivity index is 1.82. The molecule has 0 saturated heterocycles. The molecule has 0 aliphatic rings. The van der Waals surface area contributed by atoms with Gasteiger partial charge in [0.1, 0.15) is 5.82 Å². The molecule has 2 aromatic carbocycles. The Morgan fingerprint density at radius 3 is 2.22 bits per heavy atom. The van der Waals surface area contributed by atoms with Crippen LogP contribution in [-0.2, 0) is 4.79 Å². The normalized spacial score (nSPS) is 10.0. The van der Waals surface area contributed by atoms with Gasteiger partial charge in [0.2, 0.25) is 5.91 Å². The van der Waals surface area contributed by atoms with Gasteiger partial charge in [-0.05, 0) is 36.4 Å². The number of amides is 4. The van der Waals surface area contributed by atoms with Crippen LogP contribution in [0.25, 0.3) is 0 Å². The minimum Gasteiger partial charge on any atom is -0.354 e. The topological polar surface area (TPSA) is 99.3 Å². The summed E-state index contributed by atoms with van der Waals surface area (Å²) < 4.78 is 13.5. The van der Waals surface area contributed by atoms with E-state index in [1.54, 1.807) is 37.3 Å². The van der Waals surface area contributed by atoms with E-state index >= 15 is 0 Å². The highest BCUT2D eigenvalue weighted by atomic mass is 19.1. The first-order valence-corrected chi connectivity index (χ1v) is 8.47. The summed E-state index contributed by atoms with van der Waals surface area (Å²) in [6.45, 7) is 2.42. The molecule has 0 fully saturated rings. The molecule has 2 rings (SSSR count). The van der Waals surface area contributed by atoms with Gasteiger partial charge in [0.05, 0.1) is 5.69 Å². The number of benzene rings is 2. The standard InChI is InChI=1S/C19H21FN4O3/c1-2-17(25)21-11-12-22-18(26)13-7-9-14(10-8-13)23-19(27)24-16-6-4-3-5-15(16)20/h3-10H,2,11-12H2,1H3,(H,21,25)(H,22,26)(H2,23,24,27). The molecule has 0 bridgehead atoms. The highest BCUT2D eigenvalue weighted by Crippen LogP contribution is 2.14. The van der Waals surface area contributed by atoms with Crippen molar-refractivity contribution in [2.45, 2.75) is 13.3 Å². The van der Waals surface area contributed by atoms with Gasteiger partial charge in [0, 0.05) is 30.8 Å². The van der Waals surface area contributed by atoms with Crippen LogP contribution in [-0.4, -0.2) is 30.9 Å². The number of anilines is 2. The second kappa shape index (κ2) is 9.91. The van der Waals surface area contributed by atoms with E-state index in [1.807, 2.05) is 0 Å². The number of para-hydroxylation sites is 1. The fourth-order valence-electron chi connectivity index (χ4n) is 2.16. The zero-order chi connectivity index (χ0) is 19.6. The third-order valence-corrected chi connectivity index (χ3v) is 3.58. The highest BCUT2D eigenvalue weighted by molar-refractivity contribution is 6.00. The smallest absolute Gasteiger partial charge is 0.323 e. The number of halogens is 1. The second-order valence-corrected chi connectivity index (χ2v) is 5.60. The maximum atomic E-state index is 13.5. The zero-order valence-corrected chi connectivity index (χ0v) is 14.8. The Kier molecular flexibility index (Phi) is 7.30. The number of carbonyl (C=O) groups is 3. The van der Waals surface area contributed by atoms with Crippen LogP contribution in [0.2, 0.25) is 0 Å². The fourth-order valence-corrected chi connectivity index (χ4v) is 2.16. The molecular formula is C19H21FN4O3. The van der Waals surface area contributed by atoms with E-state index in [4.69, 9.17) is 0 Å². The molecule has 0 heterocycles. The zero-order valence-electron chi connectivity index (χ0n) is 14.8. The largest absolute Gasteiger partial charge is 0.354 e. The van der Waals surface area contributed by atoms with E-state index in [9.17, 15) is 18.8 Å².